The molecule has 0 radical (unpaired) electrons. The van der Waals surface area contributed by atoms with Crippen molar-refractivity contribution < 1.29 is 9.53 Å². The first kappa shape index (κ1) is 17.5. The number of ether oxygens (including phenoxy) is 1. The molecule has 3 heterocycles. The van der Waals surface area contributed by atoms with Gasteiger partial charge in [0.25, 0.3) is 6.23 Å². The van der Waals surface area contributed by atoms with Crippen LogP contribution in [0.15, 0.2) is 65.1 Å². The summed E-state index contributed by atoms with van der Waals surface area (Å²) in [6.07, 6.45) is -0.0756. The second-order valence-corrected chi connectivity index (χ2v) is 8.39. The maximum absolute atomic E-state index is 13.3. The minimum absolute atomic E-state index is 0.0704. The van der Waals surface area contributed by atoms with Gasteiger partial charge in [0.1, 0.15) is 5.75 Å². The molecule has 0 aliphatic carbocycles. The van der Waals surface area contributed by atoms with Crippen molar-refractivity contribution in [1.82, 2.24) is 5.01 Å². The predicted molar refractivity (Wildman–Crippen MR) is 111 cm³/mol. The third-order valence-corrected chi connectivity index (χ3v) is 6.27. The van der Waals surface area contributed by atoms with Crippen LogP contribution in [0.5, 0.6) is 5.75 Å². The molecular weight excluding hydrogens is 392 g/mol. The first-order valence-electron chi connectivity index (χ1n) is 9.07. The van der Waals surface area contributed by atoms with Gasteiger partial charge < -0.3 is 4.74 Å². The summed E-state index contributed by atoms with van der Waals surface area (Å²) in [5.74, 6) is 0.598. The van der Waals surface area contributed by atoms with Crippen LogP contribution in [0.25, 0.3) is 0 Å². The highest BCUT2D eigenvalue weighted by molar-refractivity contribution is 7.12. The first-order chi connectivity index (χ1) is 13.6. The maximum atomic E-state index is 13.3. The summed E-state index contributed by atoms with van der Waals surface area (Å²) in [6, 6.07) is 17.1. The van der Waals surface area contributed by atoms with E-state index in [1.807, 2.05) is 54.8 Å². The molecule has 0 amide bonds. The van der Waals surface area contributed by atoms with Crippen molar-refractivity contribution in [2.45, 2.75) is 25.6 Å². The third kappa shape index (κ3) is 2.91. The number of rotatable bonds is 3. The van der Waals surface area contributed by atoms with Gasteiger partial charge in [-0.05, 0) is 36.6 Å². The van der Waals surface area contributed by atoms with Crippen LogP contribution in [0, 0.1) is 6.92 Å². The lowest BCUT2D eigenvalue weighted by atomic mass is 9.97. The zero-order chi connectivity index (χ0) is 19.3. The SMILES string of the molecule is Cc1ccc(C(=O)[C@@H]2Oc3ccc(Cl)cc3[C@@H]3CC(c4cccs4)=NN23)cc1. The molecule has 5 rings (SSSR count). The number of nitrogens with zero attached hydrogens (tertiary/aromatic N) is 2. The molecular formula is C22H17ClN2O2S. The van der Waals surface area contributed by atoms with E-state index in [-0.39, 0.29) is 11.8 Å². The molecule has 6 heteroatoms. The molecule has 1 aromatic heterocycles. The fourth-order valence-corrected chi connectivity index (χ4v) is 4.58. The van der Waals surface area contributed by atoms with Crippen LogP contribution in [0.1, 0.15) is 38.8 Å². The summed E-state index contributed by atoms with van der Waals surface area (Å²) in [6.45, 7) is 2.00. The van der Waals surface area contributed by atoms with Gasteiger partial charge >= 0.3 is 0 Å². The minimum atomic E-state index is -0.793. The van der Waals surface area contributed by atoms with Crippen LogP contribution in [0.2, 0.25) is 5.02 Å². The van der Waals surface area contributed by atoms with Gasteiger partial charge in [-0.1, -0.05) is 47.5 Å². The van der Waals surface area contributed by atoms with Gasteiger partial charge in [0.2, 0.25) is 5.78 Å². The standard InChI is InChI=1S/C22H17ClN2O2S/c1-13-4-6-14(7-5-13)21(26)22-25-18(12-17(24-25)20-3-2-10-28-20)16-11-15(23)8-9-19(16)27-22/h2-11,18,22H,12H2,1H3/t18-,22-/m0/s1. The Morgan fingerprint density at radius 2 is 2.04 bits per heavy atom. The number of carbonyl (C=O) groups is 1. The number of ketones is 1. The Morgan fingerprint density at radius 1 is 1.21 bits per heavy atom. The van der Waals surface area contributed by atoms with Crippen molar-refractivity contribution in [3.63, 3.8) is 0 Å². The van der Waals surface area contributed by atoms with E-state index in [1.165, 1.54) is 0 Å². The summed E-state index contributed by atoms with van der Waals surface area (Å²) in [4.78, 5) is 14.4. The molecule has 2 aliphatic rings. The maximum Gasteiger partial charge on any atom is 0.251 e. The van der Waals surface area contributed by atoms with E-state index in [4.69, 9.17) is 21.4 Å². The number of fused-ring (bicyclic) bond motifs is 3. The quantitative estimate of drug-likeness (QED) is 0.540. The van der Waals surface area contributed by atoms with E-state index in [0.717, 1.165) is 28.1 Å². The van der Waals surface area contributed by atoms with Crippen LogP contribution in [-0.2, 0) is 0 Å². The Kier molecular flexibility index (Phi) is 4.22. The average Bonchev–Trinajstić information content (AvgIpc) is 3.37. The number of hydrazone groups is 1. The van der Waals surface area contributed by atoms with Gasteiger partial charge in [0.15, 0.2) is 0 Å². The van der Waals surface area contributed by atoms with Crippen molar-refractivity contribution in [1.29, 1.82) is 0 Å². The van der Waals surface area contributed by atoms with E-state index in [2.05, 4.69) is 6.07 Å². The lowest BCUT2D eigenvalue weighted by Gasteiger charge is -2.37. The Hall–Kier alpha value is -2.63. The number of carbonyl (C=O) groups excluding carboxylic acids is 1. The molecule has 28 heavy (non-hydrogen) atoms. The zero-order valence-corrected chi connectivity index (χ0v) is 16.7. The monoisotopic (exact) mass is 408 g/mol. The van der Waals surface area contributed by atoms with Crippen molar-refractivity contribution in [3.8, 4) is 5.75 Å². The van der Waals surface area contributed by atoms with Crippen LogP contribution in [0.4, 0.5) is 0 Å². The van der Waals surface area contributed by atoms with Crippen LogP contribution < -0.4 is 4.74 Å². The largest absolute Gasteiger partial charge is 0.461 e. The number of aryl methyl sites for hydroxylation is 1. The summed E-state index contributed by atoms with van der Waals surface area (Å²) >= 11 is 7.88. The number of thiophene rings is 1. The predicted octanol–water partition coefficient (Wildman–Crippen LogP) is 5.46. The van der Waals surface area contributed by atoms with Crippen molar-refractivity contribution >= 4 is 34.4 Å². The third-order valence-electron chi connectivity index (χ3n) is 5.12. The van der Waals surface area contributed by atoms with E-state index in [9.17, 15) is 4.79 Å². The van der Waals surface area contributed by atoms with Gasteiger partial charge in [-0.15, -0.1) is 11.3 Å². The molecule has 2 atom stereocenters. The molecule has 0 N–H and O–H groups in total. The number of Topliss-reactive ketones (excluding diaryl/α,β-unsaturated/α-hetero) is 1. The molecule has 0 saturated heterocycles. The summed E-state index contributed by atoms with van der Waals surface area (Å²) in [5.41, 5.74) is 3.67. The van der Waals surface area contributed by atoms with E-state index < -0.39 is 6.23 Å². The van der Waals surface area contributed by atoms with Crippen LogP contribution >= 0.6 is 22.9 Å². The van der Waals surface area contributed by atoms with Gasteiger partial charge in [-0.25, -0.2) is 5.01 Å². The smallest absolute Gasteiger partial charge is 0.251 e. The Morgan fingerprint density at radius 3 is 2.79 bits per heavy atom. The Balaban J connectivity index is 1.57. The summed E-state index contributed by atoms with van der Waals surface area (Å²) in [5, 5.41) is 9.28. The zero-order valence-electron chi connectivity index (χ0n) is 15.1. The molecule has 0 bridgehead atoms. The second kappa shape index (κ2) is 6.76. The van der Waals surface area contributed by atoms with E-state index in [1.54, 1.807) is 22.4 Å². The van der Waals surface area contributed by atoms with E-state index >= 15 is 0 Å². The fraction of sp³-hybridized carbons (Fsp3) is 0.182. The molecule has 2 aromatic carbocycles. The molecule has 4 nitrogen and oxygen atoms in total. The fourth-order valence-electron chi connectivity index (χ4n) is 3.68. The van der Waals surface area contributed by atoms with Crippen LogP contribution in [-0.4, -0.2) is 22.7 Å². The lowest BCUT2D eigenvalue weighted by Crippen LogP contribution is -2.45. The second-order valence-electron chi connectivity index (χ2n) is 7.01. The lowest BCUT2D eigenvalue weighted by molar-refractivity contribution is -0.00455. The Bertz CT molecular complexity index is 1080. The normalized spacial score (nSPS) is 20.2. The summed E-state index contributed by atoms with van der Waals surface area (Å²) in [7, 11) is 0. The average molecular weight is 409 g/mol. The molecule has 0 unspecified atom stereocenters. The molecule has 140 valence electrons. The van der Waals surface area contributed by atoms with Gasteiger partial charge in [-0.3, -0.25) is 4.79 Å². The molecule has 2 aliphatic heterocycles. The topological polar surface area (TPSA) is 41.9 Å². The van der Waals surface area contributed by atoms with E-state index in [0.29, 0.717) is 16.3 Å². The highest BCUT2D eigenvalue weighted by Gasteiger charge is 2.43. The van der Waals surface area contributed by atoms with Crippen LogP contribution in [0.3, 0.4) is 0 Å². The molecule has 3 aromatic rings. The molecule has 0 saturated carbocycles. The minimum Gasteiger partial charge on any atom is -0.461 e. The highest BCUT2D eigenvalue weighted by atomic mass is 35.5. The Labute approximate surface area is 172 Å². The van der Waals surface area contributed by atoms with Crippen molar-refractivity contribution in [2.75, 3.05) is 0 Å². The van der Waals surface area contributed by atoms with Crippen molar-refractivity contribution in [3.05, 3.63) is 86.6 Å². The molecule has 0 spiro atoms. The van der Waals surface area contributed by atoms with Gasteiger partial charge in [-0.2, -0.15) is 5.10 Å². The number of benzene rings is 2. The summed E-state index contributed by atoms with van der Waals surface area (Å²) < 4.78 is 6.13. The number of hydrogen-bond acceptors (Lipinski definition) is 5. The number of halogens is 1. The highest BCUT2D eigenvalue weighted by Crippen LogP contribution is 2.44. The van der Waals surface area contributed by atoms with Gasteiger partial charge in [0.05, 0.1) is 16.6 Å². The van der Waals surface area contributed by atoms with Crippen molar-refractivity contribution in [2.24, 2.45) is 5.10 Å². The first-order valence-corrected chi connectivity index (χ1v) is 10.3. The number of hydrogen-bond donors (Lipinski definition) is 0. The molecule has 0 fully saturated rings. The van der Waals surface area contributed by atoms with Gasteiger partial charge in [0, 0.05) is 22.6 Å².